The molecular weight excluding hydrogens is 330 g/mol. The Morgan fingerprint density at radius 1 is 0.731 bits per heavy atom. The maximum atomic E-state index is 13.4. The third-order valence-electron chi connectivity index (χ3n) is 4.15. The molecule has 3 rings (SSSR count). The van der Waals surface area contributed by atoms with Gasteiger partial charge in [-0.05, 0) is 59.4 Å². The van der Waals surface area contributed by atoms with E-state index < -0.39 is 11.6 Å². The maximum absolute atomic E-state index is 13.4. The molecule has 0 atom stereocenters. The van der Waals surface area contributed by atoms with Crippen LogP contribution in [0, 0.1) is 11.6 Å². The Bertz CT molecular complexity index is 868. The van der Waals surface area contributed by atoms with E-state index in [2.05, 4.69) is 6.58 Å². The number of halogens is 2. The van der Waals surface area contributed by atoms with E-state index in [4.69, 9.17) is 4.74 Å². The first kappa shape index (κ1) is 17.9. The minimum Gasteiger partial charge on any atom is -0.494 e. The van der Waals surface area contributed by atoms with Gasteiger partial charge in [0, 0.05) is 0 Å². The van der Waals surface area contributed by atoms with Gasteiger partial charge in [-0.15, -0.1) is 6.58 Å². The van der Waals surface area contributed by atoms with Gasteiger partial charge in [0.05, 0.1) is 6.61 Å². The van der Waals surface area contributed by atoms with Crippen molar-refractivity contribution in [1.29, 1.82) is 0 Å². The fraction of sp³-hybridized carbons (Fsp3) is 0.130. The summed E-state index contributed by atoms with van der Waals surface area (Å²) in [6.07, 6.45) is 3.79. The molecule has 0 spiro atoms. The number of hydrogen-bond acceptors (Lipinski definition) is 1. The molecule has 1 nitrogen and oxygen atoms in total. The minimum atomic E-state index is -0.838. The average Bonchev–Trinajstić information content (AvgIpc) is 2.68. The molecule has 0 aliphatic carbocycles. The van der Waals surface area contributed by atoms with Gasteiger partial charge in [-0.1, -0.05) is 48.5 Å². The van der Waals surface area contributed by atoms with Gasteiger partial charge < -0.3 is 4.74 Å². The molecule has 0 heterocycles. The van der Waals surface area contributed by atoms with Gasteiger partial charge in [0.25, 0.3) is 0 Å². The molecule has 0 N–H and O–H groups in total. The molecule has 0 saturated carbocycles. The summed E-state index contributed by atoms with van der Waals surface area (Å²) in [5.74, 6) is -0.830. The van der Waals surface area contributed by atoms with Crippen molar-refractivity contribution in [3.63, 3.8) is 0 Å². The highest BCUT2D eigenvalue weighted by Gasteiger charge is 2.05. The summed E-state index contributed by atoms with van der Waals surface area (Å²) in [6, 6.07) is 19.6. The van der Waals surface area contributed by atoms with Crippen LogP contribution in [0.25, 0.3) is 22.3 Å². The van der Waals surface area contributed by atoms with E-state index in [-0.39, 0.29) is 0 Å². The number of hydrogen-bond donors (Lipinski definition) is 0. The smallest absolute Gasteiger partial charge is 0.159 e. The minimum absolute atomic E-state index is 0.652. The quantitative estimate of drug-likeness (QED) is 0.343. The van der Waals surface area contributed by atoms with E-state index >= 15 is 0 Å². The molecule has 3 heteroatoms. The zero-order chi connectivity index (χ0) is 18.4. The Morgan fingerprint density at radius 3 is 1.85 bits per heavy atom. The van der Waals surface area contributed by atoms with Crippen molar-refractivity contribution in [2.45, 2.75) is 12.8 Å². The number of allylic oxidation sites excluding steroid dienone is 1. The molecule has 0 radical (unpaired) electrons. The van der Waals surface area contributed by atoms with Gasteiger partial charge >= 0.3 is 0 Å². The molecule has 3 aromatic carbocycles. The van der Waals surface area contributed by atoms with E-state index in [0.29, 0.717) is 12.2 Å². The summed E-state index contributed by atoms with van der Waals surface area (Å²) in [5.41, 5.74) is 3.61. The van der Waals surface area contributed by atoms with Crippen LogP contribution >= 0.6 is 0 Å². The first-order valence-electron chi connectivity index (χ1n) is 8.57. The molecule has 3 aromatic rings. The van der Waals surface area contributed by atoms with E-state index in [9.17, 15) is 8.78 Å². The molecule has 0 fully saturated rings. The van der Waals surface area contributed by atoms with Crippen molar-refractivity contribution in [2.24, 2.45) is 0 Å². The van der Waals surface area contributed by atoms with Crippen molar-refractivity contribution < 1.29 is 13.5 Å². The van der Waals surface area contributed by atoms with Crippen LogP contribution in [0.3, 0.4) is 0 Å². The molecule has 26 heavy (non-hydrogen) atoms. The van der Waals surface area contributed by atoms with Gasteiger partial charge in [0.15, 0.2) is 11.6 Å². The van der Waals surface area contributed by atoms with Crippen molar-refractivity contribution >= 4 is 0 Å². The lowest BCUT2D eigenvalue weighted by molar-refractivity contribution is 0.312. The SMILES string of the molecule is C=CCCCOc1ccc(-c2ccc(-c3ccc(F)c(F)c3)cc2)cc1. The number of rotatable bonds is 7. The lowest BCUT2D eigenvalue weighted by Gasteiger charge is -2.08. The van der Waals surface area contributed by atoms with Crippen molar-refractivity contribution in [2.75, 3.05) is 6.61 Å². The Hall–Kier alpha value is -2.94. The van der Waals surface area contributed by atoms with E-state index in [0.717, 1.165) is 41.3 Å². The van der Waals surface area contributed by atoms with Gasteiger partial charge in [-0.3, -0.25) is 0 Å². The van der Waals surface area contributed by atoms with Crippen LogP contribution in [-0.4, -0.2) is 6.61 Å². The summed E-state index contributed by atoms with van der Waals surface area (Å²) in [4.78, 5) is 0. The predicted octanol–water partition coefficient (Wildman–Crippen LogP) is 6.64. The number of ether oxygens (including phenoxy) is 1. The average molecular weight is 350 g/mol. The van der Waals surface area contributed by atoms with Gasteiger partial charge in [-0.25, -0.2) is 8.78 Å². The molecule has 0 saturated heterocycles. The van der Waals surface area contributed by atoms with E-state index in [1.54, 1.807) is 6.07 Å². The van der Waals surface area contributed by atoms with Crippen LogP contribution < -0.4 is 4.74 Å². The molecule has 132 valence electrons. The molecule has 0 aliphatic heterocycles. The zero-order valence-corrected chi connectivity index (χ0v) is 14.4. The van der Waals surface area contributed by atoms with Crippen molar-refractivity contribution in [3.05, 3.63) is 91.0 Å². The van der Waals surface area contributed by atoms with Crippen LogP contribution in [0.2, 0.25) is 0 Å². The molecular formula is C23H20F2O. The Labute approximate surface area is 152 Å². The standard InChI is InChI=1S/C23H20F2O/c1-2-3-4-15-26-21-12-9-18(10-13-21)17-5-7-19(8-6-17)20-11-14-22(24)23(25)16-20/h2,5-14,16H,1,3-4,15H2. The van der Waals surface area contributed by atoms with Crippen LogP contribution in [0.1, 0.15) is 12.8 Å². The lowest BCUT2D eigenvalue weighted by atomic mass is 10.0. The summed E-state index contributed by atoms with van der Waals surface area (Å²) >= 11 is 0. The first-order chi connectivity index (χ1) is 12.7. The summed E-state index contributed by atoms with van der Waals surface area (Å²) in [7, 11) is 0. The topological polar surface area (TPSA) is 9.23 Å². The Balaban J connectivity index is 1.70. The Kier molecular flexibility index (Phi) is 5.80. The highest BCUT2D eigenvalue weighted by atomic mass is 19.2. The first-order valence-corrected chi connectivity index (χ1v) is 8.57. The van der Waals surface area contributed by atoms with Crippen molar-refractivity contribution in [1.82, 2.24) is 0 Å². The molecule has 0 aliphatic rings. The van der Waals surface area contributed by atoms with E-state index in [1.165, 1.54) is 6.07 Å². The second kappa shape index (κ2) is 8.43. The van der Waals surface area contributed by atoms with Gasteiger partial charge in [0.2, 0.25) is 0 Å². The molecule has 0 aromatic heterocycles. The summed E-state index contributed by atoms with van der Waals surface area (Å²) in [6.45, 7) is 4.37. The third kappa shape index (κ3) is 4.37. The molecule has 0 bridgehead atoms. The fourth-order valence-corrected chi connectivity index (χ4v) is 2.69. The Morgan fingerprint density at radius 2 is 1.27 bits per heavy atom. The van der Waals surface area contributed by atoms with Gasteiger partial charge in [0.1, 0.15) is 5.75 Å². The number of unbranched alkanes of at least 4 members (excludes halogenated alkanes) is 1. The van der Waals surface area contributed by atoms with Crippen LogP contribution in [0.15, 0.2) is 79.4 Å². The summed E-state index contributed by atoms with van der Waals surface area (Å²) < 4.78 is 32.1. The predicted molar refractivity (Wildman–Crippen MR) is 102 cm³/mol. The van der Waals surface area contributed by atoms with Gasteiger partial charge in [-0.2, -0.15) is 0 Å². The fourth-order valence-electron chi connectivity index (χ4n) is 2.69. The largest absolute Gasteiger partial charge is 0.494 e. The van der Waals surface area contributed by atoms with Crippen molar-refractivity contribution in [3.8, 4) is 28.0 Å². The normalized spacial score (nSPS) is 10.5. The molecule has 0 amide bonds. The maximum Gasteiger partial charge on any atom is 0.159 e. The number of benzene rings is 3. The van der Waals surface area contributed by atoms with Crippen LogP contribution in [0.4, 0.5) is 8.78 Å². The lowest BCUT2D eigenvalue weighted by Crippen LogP contribution is -1.96. The second-order valence-corrected chi connectivity index (χ2v) is 6.01. The zero-order valence-electron chi connectivity index (χ0n) is 14.4. The summed E-state index contributed by atoms with van der Waals surface area (Å²) in [5, 5.41) is 0. The van der Waals surface area contributed by atoms with Crippen LogP contribution in [0.5, 0.6) is 5.75 Å². The highest BCUT2D eigenvalue weighted by Crippen LogP contribution is 2.27. The second-order valence-electron chi connectivity index (χ2n) is 6.01. The monoisotopic (exact) mass is 350 g/mol. The molecule has 0 unspecified atom stereocenters. The van der Waals surface area contributed by atoms with E-state index in [1.807, 2.05) is 54.6 Å². The van der Waals surface area contributed by atoms with Crippen LogP contribution in [-0.2, 0) is 0 Å². The highest BCUT2D eigenvalue weighted by molar-refractivity contribution is 5.70. The third-order valence-corrected chi connectivity index (χ3v) is 4.15.